The zero-order valence-corrected chi connectivity index (χ0v) is 18.3. The minimum Gasteiger partial charge on any atom is -0.334 e. The Morgan fingerprint density at radius 1 is 1.03 bits per heavy atom. The van der Waals surface area contributed by atoms with Crippen molar-refractivity contribution >= 4 is 34.5 Å². The molecular weight excluding hydrogens is 412 g/mol. The average Bonchev–Trinajstić information content (AvgIpc) is 3.15. The first-order chi connectivity index (χ1) is 14.8. The van der Waals surface area contributed by atoms with Crippen LogP contribution in [0.3, 0.4) is 0 Å². The number of urea groups is 1. The summed E-state index contributed by atoms with van der Waals surface area (Å²) in [7, 11) is 0. The SMILES string of the molecule is CC(C)(C)n1nc(-c2ccc(Cl)cc2)c2c(NC(=O)NCc3ccccc3)ncnc21. The van der Waals surface area contributed by atoms with Crippen LogP contribution in [-0.4, -0.2) is 25.8 Å². The van der Waals surface area contributed by atoms with Crippen molar-refractivity contribution in [3.63, 3.8) is 0 Å². The van der Waals surface area contributed by atoms with Gasteiger partial charge in [-0.05, 0) is 38.5 Å². The normalized spacial score (nSPS) is 11.5. The smallest absolute Gasteiger partial charge is 0.320 e. The van der Waals surface area contributed by atoms with Crippen molar-refractivity contribution in [2.45, 2.75) is 32.9 Å². The summed E-state index contributed by atoms with van der Waals surface area (Å²) in [4.78, 5) is 21.4. The summed E-state index contributed by atoms with van der Waals surface area (Å²) in [5.74, 6) is 0.399. The van der Waals surface area contributed by atoms with Crippen LogP contribution in [0, 0.1) is 0 Å². The molecule has 0 saturated carbocycles. The van der Waals surface area contributed by atoms with E-state index in [-0.39, 0.29) is 11.6 Å². The Balaban J connectivity index is 1.72. The fourth-order valence-corrected chi connectivity index (χ4v) is 3.38. The van der Waals surface area contributed by atoms with Crippen molar-refractivity contribution in [2.75, 3.05) is 5.32 Å². The van der Waals surface area contributed by atoms with Crippen molar-refractivity contribution < 1.29 is 4.79 Å². The Morgan fingerprint density at radius 2 is 1.74 bits per heavy atom. The number of nitrogens with zero attached hydrogens (tertiary/aromatic N) is 4. The number of carbonyl (C=O) groups excluding carboxylic acids is 1. The fourth-order valence-electron chi connectivity index (χ4n) is 3.25. The number of hydrogen-bond acceptors (Lipinski definition) is 4. The molecular formula is C23H23ClN6O. The lowest BCUT2D eigenvalue weighted by Crippen LogP contribution is -2.28. The maximum absolute atomic E-state index is 12.6. The van der Waals surface area contributed by atoms with Gasteiger partial charge >= 0.3 is 6.03 Å². The molecule has 4 aromatic rings. The lowest BCUT2D eigenvalue weighted by atomic mass is 10.1. The highest BCUT2D eigenvalue weighted by atomic mass is 35.5. The summed E-state index contributed by atoms with van der Waals surface area (Å²) >= 11 is 6.06. The van der Waals surface area contributed by atoms with Crippen LogP contribution in [0.15, 0.2) is 60.9 Å². The van der Waals surface area contributed by atoms with Gasteiger partial charge in [-0.15, -0.1) is 0 Å². The van der Waals surface area contributed by atoms with Crippen LogP contribution in [0.25, 0.3) is 22.3 Å². The number of aromatic nitrogens is 4. The molecule has 2 heterocycles. The van der Waals surface area contributed by atoms with E-state index in [1.54, 1.807) is 0 Å². The first-order valence-electron chi connectivity index (χ1n) is 9.92. The van der Waals surface area contributed by atoms with Crippen LogP contribution in [0.1, 0.15) is 26.3 Å². The quantitative estimate of drug-likeness (QED) is 0.461. The largest absolute Gasteiger partial charge is 0.334 e. The molecule has 0 radical (unpaired) electrons. The van der Waals surface area contributed by atoms with E-state index in [0.717, 1.165) is 11.1 Å². The number of hydrogen-bond donors (Lipinski definition) is 2. The maximum atomic E-state index is 12.6. The van der Waals surface area contributed by atoms with Crippen molar-refractivity contribution in [1.82, 2.24) is 25.1 Å². The van der Waals surface area contributed by atoms with Crippen LogP contribution in [-0.2, 0) is 12.1 Å². The van der Waals surface area contributed by atoms with Gasteiger partial charge in [0.2, 0.25) is 0 Å². The average molecular weight is 435 g/mol. The van der Waals surface area contributed by atoms with E-state index in [1.165, 1.54) is 6.33 Å². The first kappa shape index (κ1) is 20.8. The van der Waals surface area contributed by atoms with Gasteiger partial charge < -0.3 is 5.32 Å². The summed E-state index contributed by atoms with van der Waals surface area (Å²) < 4.78 is 1.85. The summed E-state index contributed by atoms with van der Waals surface area (Å²) in [5, 5.41) is 11.9. The molecule has 0 bridgehead atoms. The van der Waals surface area contributed by atoms with E-state index >= 15 is 0 Å². The minimum atomic E-state index is -0.352. The molecule has 7 nitrogen and oxygen atoms in total. The molecule has 0 aliphatic carbocycles. The van der Waals surface area contributed by atoms with Gasteiger partial charge in [-0.1, -0.05) is 54.1 Å². The zero-order valence-electron chi connectivity index (χ0n) is 17.6. The fraction of sp³-hybridized carbons (Fsp3) is 0.217. The minimum absolute atomic E-state index is 0.315. The van der Waals surface area contributed by atoms with Gasteiger partial charge in [0.1, 0.15) is 17.8 Å². The Labute approximate surface area is 185 Å². The molecule has 0 unspecified atom stereocenters. The molecule has 2 aromatic heterocycles. The lowest BCUT2D eigenvalue weighted by molar-refractivity contribution is 0.251. The van der Waals surface area contributed by atoms with E-state index < -0.39 is 0 Å². The summed E-state index contributed by atoms with van der Waals surface area (Å²) in [5.41, 5.74) is 2.88. The predicted molar refractivity (Wildman–Crippen MR) is 123 cm³/mol. The van der Waals surface area contributed by atoms with Gasteiger partial charge in [0.05, 0.1) is 10.9 Å². The van der Waals surface area contributed by atoms with Crippen LogP contribution in [0.5, 0.6) is 0 Å². The molecule has 0 aliphatic heterocycles. The maximum Gasteiger partial charge on any atom is 0.320 e. The highest BCUT2D eigenvalue weighted by Gasteiger charge is 2.25. The van der Waals surface area contributed by atoms with E-state index in [1.807, 2.05) is 80.1 Å². The Kier molecular flexibility index (Phi) is 5.61. The van der Waals surface area contributed by atoms with Crippen LogP contribution in [0.4, 0.5) is 10.6 Å². The number of benzene rings is 2. The molecule has 2 N–H and O–H groups in total. The van der Waals surface area contributed by atoms with Crippen LogP contribution >= 0.6 is 11.6 Å². The van der Waals surface area contributed by atoms with E-state index in [9.17, 15) is 4.79 Å². The molecule has 4 rings (SSSR count). The molecule has 31 heavy (non-hydrogen) atoms. The Morgan fingerprint density at radius 3 is 2.42 bits per heavy atom. The number of fused-ring (bicyclic) bond motifs is 1. The molecule has 0 spiro atoms. The summed E-state index contributed by atoms with van der Waals surface area (Å²) in [6, 6.07) is 16.8. The van der Waals surface area contributed by atoms with Crippen LogP contribution in [0.2, 0.25) is 5.02 Å². The second-order valence-corrected chi connectivity index (χ2v) is 8.59. The molecule has 0 fully saturated rings. The Hall–Kier alpha value is -3.45. The monoisotopic (exact) mass is 434 g/mol. The lowest BCUT2D eigenvalue weighted by Gasteiger charge is -2.19. The number of nitrogens with one attached hydrogen (secondary N) is 2. The molecule has 0 atom stereocenters. The molecule has 0 aliphatic rings. The number of rotatable bonds is 4. The molecule has 158 valence electrons. The predicted octanol–water partition coefficient (Wildman–Crippen LogP) is 5.22. The van der Waals surface area contributed by atoms with Gasteiger partial charge in [0, 0.05) is 17.1 Å². The van der Waals surface area contributed by atoms with Gasteiger partial charge in [-0.25, -0.2) is 19.4 Å². The van der Waals surface area contributed by atoms with Crippen molar-refractivity contribution in [3.8, 4) is 11.3 Å². The van der Waals surface area contributed by atoms with Gasteiger partial charge in [0.25, 0.3) is 0 Å². The van der Waals surface area contributed by atoms with E-state index in [2.05, 4.69) is 20.6 Å². The summed E-state index contributed by atoms with van der Waals surface area (Å²) in [6.07, 6.45) is 1.44. The topological polar surface area (TPSA) is 84.7 Å². The highest BCUT2D eigenvalue weighted by Crippen LogP contribution is 2.34. The van der Waals surface area contributed by atoms with Gasteiger partial charge in [0.15, 0.2) is 5.65 Å². The summed E-state index contributed by atoms with van der Waals surface area (Å²) in [6.45, 7) is 6.55. The number of carbonyl (C=O) groups is 1. The van der Waals surface area contributed by atoms with Gasteiger partial charge in [-0.3, -0.25) is 5.32 Å². The van der Waals surface area contributed by atoms with E-state index in [0.29, 0.717) is 34.1 Å². The molecule has 2 aromatic carbocycles. The highest BCUT2D eigenvalue weighted by molar-refractivity contribution is 6.30. The third kappa shape index (κ3) is 4.51. The third-order valence-electron chi connectivity index (χ3n) is 4.75. The number of halogens is 1. The zero-order chi connectivity index (χ0) is 22.0. The van der Waals surface area contributed by atoms with Crippen molar-refractivity contribution in [1.29, 1.82) is 0 Å². The molecule has 0 saturated heterocycles. The van der Waals surface area contributed by atoms with Crippen LogP contribution < -0.4 is 10.6 Å². The third-order valence-corrected chi connectivity index (χ3v) is 5.00. The van der Waals surface area contributed by atoms with Gasteiger partial charge in [-0.2, -0.15) is 5.10 Å². The molecule has 2 amide bonds. The van der Waals surface area contributed by atoms with Crippen molar-refractivity contribution in [3.05, 3.63) is 71.5 Å². The molecule has 8 heteroatoms. The number of amides is 2. The second kappa shape index (κ2) is 8.35. The van der Waals surface area contributed by atoms with Crippen molar-refractivity contribution in [2.24, 2.45) is 0 Å². The number of anilines is 1. The Bertz CT molecular complexity index is 1210. The second-order valence-electron chi connectivity index (χ2n) is 8.15. The standard InChI is InChI=1S/C23H23ClN6O/c1-23(2,3)30-21-18(19(29-30)16-9-11-17(24)12-10-16)20(26-14-27-21)28-22(31)25-13-15-7-5-4-6-8-15/h4-12,14H,13H2,1-3H3,(H2,25,26,27,28,31). The van der Waals surface area contributed by atoms with E-state index in [4.69, 9.17) is 16.7 Å². The first-order valence-corrected chi connectivity index (χ1v) is 10.3.